The number of ether oxygens (including phenoxy) is 1. The summed E-state index contributed by atoms with van der Waals surface area (Å²) in [6.07, 6.45) is 0.187. The molecule has 1 amide bonds. The molecule has 0 N–H and O–H groups in total. The topological polar surface area (TPSA) is 59.8 Å². The van der Waals surface area contributed by atoms with E-state index in [2.05, 4.69) is 6.07 Å². The highest BCUT2D eigenvalue weighted by Crippen LogP contribution is 2.32. The summed E-state index contributed by atoms with van der Waals surface area (Å²) in [5, 5.41) is 0.804. The van der Waals surface area contributed by atoms with Crippen LogP contribution < -0.4 is 15.3 Å². The van der Waals surface area contributed by atoms with Gasteiger partial charge in [0.1, 0.15) is 11.3 Å². The summed E-state index contributed by atoms with van der Waals surface area (Å²) in [7, 11) is 0. The monoisotopic (exact) mass is 349 g/mol. The molecule has 0 bridgehead atoms. The van der Waals surface area contributed by atoms with Crippen LogP contribution in [0.15, 0.2) is 63.8 Å². The zero-order valence-electron chi connectivity index (χ0n) is 14.6. The smallest absolute Gasteiger partial charge is 0.336 e. The third-order valence-electron chi connectivity index (χ3n) is 4.70. The molecule has 0 spiro atoms. The minimum Gasteiger partial charge on any atom is -0.481 e. The molecule has 1 aromatic heterocycles. The molecule has 2 unspecified atom stereocenters. The normalized spacial score (nSPS) is 17.2. The fourth-order valence-corrected chi connectivity index (χ4v) is 3.47. The van der Waals surface area contributed by atoms with Crippen molar-refractivity contribution in [3.8, 4) is 5.75 Å². The Kier molecular flexibility index (Phi) is 3.99. The predicted octanol–water partition coefficient (Wildman–Crippen LogP) is 3.54. The summed E-state index contributed by atoms with van der Waals surface area (Å²) >= 11 is 0. The Morgan fingerprint density at radius 3 is 2.81 bits per heavy atom. The molecule has 2 aromatic carbocycles. The number of hydrogen-bond donors (Lipinski definition) is 0. The first-order chi connectivity index (χ1) is 12.5. The van der Waals surface area contributed by atoms with E-state index in [4.69, 9.17) is 9.15 Å². The van der Waals surface area contributed by atoms with Crippen molar-refractivity contribution in [2.75, 3.05) is 4.90 Å². The van der Waals surface area contributed by atoms with Gasteiger partial charge in [0.2, 0.25) is 0 Å². The van der Waals surface area contributed by atoms with Crippen LogP contribution >= 0.6 is 0 Å². The van der Waals surface area contributed by atoms with E-state index in [1.54, 1.807) is 36.1 Å². The van der Waals surface area contributed by atoms with Gasteiger partial charge in [0.25, 0.3) is 5.91 Å². The number of hydrogen-bond acceptors (Lipinski definition) is 4. The second-order valence-corrected chi connectivity index (χ2v) is 6.60. The Balaban J connectivity index is 1.57. The average molecular weight is 349 g/mol. The predicted molar refractivity (Wildman–Crippen MR) is 99.7 cm³/mol. The molecule has 0 radical (unpaired) electrons. The summed E-state index contributed by atoms with van der Waals surface area (Å²) in [4.78, 5) is 26.2. The number of carbonyl (C=O) groups is 1. The zero-order valence-corrected chi connectivity index (χ0v) is 14.6. The highest BCUT2D eigenvalue weighted by Gasteiger charge is 2.33. The third kappa shape index (κ3) is 2.86. The summed E-state index contributed by atoms with van der Waals surface area (Å²) in [6, 6.07) is 16.3. The molecule has 0 saturated carbocycles. The number of rotatable bonds is 3. The molecule has 5 nitrogen and oxygen atoms in total. The Morgan fingerprint density at radius 2 is 1.96 bits per heavy atom. The molecular formula is C21H19NO4. The van der Waals surface area contributed by atoms with Crippen LogP contribution in [0.25, 0.3) is 11.0 Å². The Bertz CT molecular complexity index is 1040. The van der Waals surface area contributed by atoms with Crippen molar-refractivity contribution < 1.29 is 13.9 Å². The van der Waals surface area contributed by atoms with Gasteiger partial charge >= 0.3 is 5.63 Å². The Hall–Kier alpha value is -3.08. The molecule has 26 heavy (non-hydrogen) atoms. The fraction of sp³-hybridized carbons (Fsp3) is 0.238. The first kappa shape index (κ1) is 16.4. The van der Waals surface area contributed by atoms with Crippen molar-refractivity contribution in [1.29, 1.82) is 0 Å². The quantitative estimate of drug-likeness (QED) is 0.679. The van der Waals surface area contributed by atoms with E-state index in [1.165, 1.54) is 11.6 Å². The SMILES string of the molecule is CC(Oc1ccc2ccc(=O)oc2c1)C(=O)N1c2ccccc2CC1C. The van der Waals surface area contributed by atoms with Crippen molar-refractivity contribution in [3.63, 3.8) is 0 Å². The minimum atomic E-state index is -0.656. The summed E-state index contributed by atoms with van der Waals surface area (Å²) in [5.74, 6) is 0.407. The number of anilines is 1. The van der Waals surface area contributed by atoms with Crippen LogP contribution in [0.2, 0.25) is 0 Å². The van der Waals surface area contributed by atoms with E-state index < -0.39 is 11.7 Å². The van der Waals surface area contributed by atoms with Gasteiger partial charge < -0.3 is 14.1 Å². The highest BCUT2D eigenvalue weighted by molar-refractivity contribution is 5.99. The lowest BCUT2D eigenvalue weighted by Crippen LogP contribution is -2.43. The maximum atomic E-state index is 13.0. The van der Waals surface area contributed by atoms with Gasteiger partial charge in [-0.15, -0.1) is 0 Å². The first-order valence-electron chi connectivity index (χ1n) is 8.64. The van der Waals surface area contributed by atoms with Gasteiger partial charge in [-0.3, -0.25) is 4.79 Å². The average Bonchev–Trinajstić information content (AvgIpc) is 2.96. The number of nitrogens with zero attached hydrogens (tertiary/aromatic N) is 1. The van der Waals surface area contributed by atoms with E-state index in [0.29, 0.717) is 11.3 Å². The summed E-state index contributed by atoms with van der Waals surface area (Å²) in [5.41, 5.74) is 2.15. The fourth-order valence-electron chi connectivity index (χ4n) is 3.47. The first-order valence-corrected chi connectivity index (χ1v) is 8.64. The minimum absolute atomic E-state index is 0.0861. The lowest BCUT2D eigenvalue weighted by Gasteiger charge is -2.26. The zero-order chi connectivity index (χ0) is 18.3. The standard InChI is InChI=1S/C21H19NO4/c1-13-11-16-5-3-4-6-18(16)22(13)21(24)14(2)25-17-9-7-15-8-10-20(23)26-19(15)12-17/h3-10,12-14H,11H2,1-2H3. The van der Waals surface area contributed by atoms with E-state index in [1.807, 2.05) is 25.1 Å². The molecule has 0 fully saturated rings. The van der Waals surface area contributed by atoms with Crippen LogP contribution in [0.5, 0.6) is 5.75 Å². The number of benzene rings is 2. The Morgan fingerprint density at radius 1 is 1.19 bits per heavy atom. The van der Waals surface area contributed by atoms with Crippen LogP contribution in [0, 0.1) is 0 Å². The van der Waals surface area contributed by atoms with Gasteiger partial charge in [0, 0.05) is 29.2 Å². The van der Waals surface area contributed by atoms with Crippen molar-refractivity contribution in [2.45, 2.75) is 32.4 Å². The summed E-state index contributed by atoms with van der Waals surface area (Å²) in [6.45, 7) is 3.77. The second-order valence-electron chi connectivity index (χ2n) is 6.60. The van der Waals surface area contributed by atoms with Crippen LogP contribution in [0.1, 0.15) is 19.4 Å². The van der Waals surface area contributed by atoms with Crippen molar-refractivity contribution in [1.82, 2.24) is 0 Å². The largest absolute Gasteiger partial charge is 0.481 e. The molecular weight excluding hydrogens is 330 g/mol. The van der Waals surface area contributed by atoms with Crippen LogP contribution in [-0.4, -0.2) is 18.1 Å². The van der Waals surface area contributed by atoms with E-state index in [9.17, 15) is 9.59 Å². The summed E-state index contributed by atoms with van der Waals surface area (Å²) < 4.78 is 11.0. The van der Waals surface area contributed by atoms with E-state index >= 15 is 0 Å². The highest BCUT2D eigenvalue weighted by atomic mass is 16.5. The third-order valence-corrected chi connectivity index (χ3v) is 4.70. The molecule has 0 saturated heterocycles. The number of para-hydroxylation sites is 1. The van der Waals surface area contributed by atoms with Gasteiger partial charge in [0.15, 0.2) is 6.10 Å². The van der Waals surface area contributed by atoms with Crippen LogP contribution in [0.3, 0.4) is 0 Å². The second kappa shape index (κ2) is 6.33. The molecule has 5 heteroatoms. The van der Waals surface area contributed by atoms with Crippen molar-refractivity contribution >= 4 is 22.6 Å². The molecule has 3 aromatic rings. The molecule has 2 heterocycles. The maximum absolute atomic E-state index is 13.0. The van der Waals surface area contributed by atoms with E-state index in [-0.39, 0.29) is 11.9 Å². The lowest BCUT2D eigenvalue weighted by atomic mass is 10.1. The molecule has 1 aliphatic heterocycles. The van der Waals surface area contributed by atoms with Crippen LogP contribution in [0.4, 0.5) is 5.69 Å². The maximum Gasteiger partial charge on any atom is 0.336 e. The molecule has 0 aliphatic carbocycles. The molecule has 2 atom stereocenters. The van der Waals surface area contributed by atoms with Gasteiger partial charge in [-0.25, -0.2) is 4.79 Å². The van der Waals surface area contributed by atoms with Gasteiger partial charge in [-0.05, 0) is 50.1 Å². The van der Waals surface area contributed by atoms with E-state index in [0.717, 1.165) is 17.5 Å². The lowest BCUT2D eigenvalue weighted by molar-refractivity contribution is -0.124. The molecule has 4 rings (SSSR count). The van der Waals surface area contributed by atoms with Crippen LogP contribution in [-0.2, 0) is 11.2 Å². The molecule has 132 valence electrons. The van der Waals surface area contributed by atoms with Crippen molar-refractivity contribution in [2.24, 2.45) is 0 Å². The number of carbonyl (C=O) groups excluding carboxylic acids is 1. The Labute approximate surface area is 150 Å². The van der Waals surface area contributed by atoms with Gasteiger partial charge in [-0.1, -0.05) is 18.2 Å². The van der Waals surface area contributed by atoms with Gasteiger partial charge in [0.05, 0.1) is 0 Å². The number of amides is 1. The molecule has 1 aliphatic rings. The van der Waals surface area contributed by atoms with Crippen molar-refractivity contribution in [3.05, 3.63) is 70.6 Å². The van der Waals surface area contributed by atoms with Gasteiger partial charge in [-0.2, -0.15) is 0 Å². The number of fused-ring (bicyclic) bond motifs is 2.